The number of esters is 1. The van der Waals surface area contributed by atoms with Crippen LogP contribution in [-0.2, 0) is 17.9 Å². The average Bonchev–Trinajstić information content (AvgIpc) is 3.07. The minimum absolute atomic E-state index is 0.0436. The molecular formula is C36H30N4O4. The highest BCUT2D eigenvalue weighted by molar-refractivity contribution is 6.11. The number of hydrogen-bond donors (Lipinski definition) is 4. The number of carbonyl (C=O) groups excluding carboxylic acids is 3. The van der Waals surface area contributed by atoms with E-state index in [0.717, 1.165) is 11.1 Å². The Labute approximate surface area is 255 Å². The van der Waals surface area contributed by atoms with Gasteiger partial charge in [0, 0.05) is 28.9 Å². The molecule has 0 aliphatic rings. The van der Waals surface area contributed by atoms with E-state index in [9.17, 15) is 14.4 Å². The Bertz CT molecular complexity index is 1800. The van der Waals surface area contributed by atoms with Gasteiger partial charge in [-0.3, -0.25) is 15.0 Å². The van der Waals surface area contributed by atoms with E-state index in [1.807, 2.05) is 60.7 Å². The molecule has 0 aliphatic carbocycles. The lowest BCUT2D eigenvalue weighted by molar-refractivity contribution is 0.0473. The van der Waals surface area contributed by atoms with Crippen LogP contribution in [-0.4, -0.2) is 23.6 Å². The predicted octanol–water partition coefficient (Wildman–Crippen LogP) is 6.18. The second-order valence-corrected chi connectivity index (χ2v) is 9.98. The molecule has 2 amide bonds. The molecule has 8 heteroatoms. The number of benzene rings is 5. The van der Waals surface area contributed by atoms with Crippen molar-refractivity contribution in [3.05, 3.63) is 161 Å². The maximum absolute atomic E-state index is 13.5. The van der Waals surface area contributed by atoms with Crippen LogP contribution in [0, 0.1) is 5.41 Å². The SMILES string of the molecule is N=C(N)c1ccc(NC(=O)c2ccccc2-c2ccc(C(=O)NCc3ccccc3)cc2C(=O)OCc2ccccc2)cc1. The number of hydrogen-bond acceptors (Lipinski definition) is 5. The number of anilines is 1. The normalized spacial score (nSPS) is 10.5. The Kier molecular flexibility index (Phi) is 9.22. The first-order chi connectivity index (χ1) is 21.4. The van der Waals surface area contributed by atoms with E-state index < -0.39 is 11.9 Å². The monoisotopic (exact) mass is 582 g/mol. The number of rotatable bonds is 10. The van der Waals surface area contributed by atoms with Gasteiger partial charge in [-0.1, -0.05) is 84.9 Å². The maximum Gasteiger partial charge on any atom is 0.339 e. The first kappa shape index (κ1) is 29.5. The highest BCUT2D eigenvalue weighted by atomic mass is 16.5. The number of amidine groups is 1. The van der Waals surface area contributed by atoms with Gasteiger partial charge in [-0.05, 0) is 64.7 Å². The Morgan fingerprint density at radius 2 is 1.23 bits per heavy atom. The van der Waals surface area contributed by atoms with Crippen molar-refractivity contribution in [1.29, 1.82) is 5.41 Å². The summed E-state index contributed by atoms with van der Waals surface area (Å²) in [5.41, 5.74) is 10.0. The van der Waals surface area contributed by atoms with Crippen molar-refractivity contribution >= 4 is 29.3 Å². The van der Waals surface area contributed by atoms with E-state index in [0.29, 0.717) is 34.5 Å². The van der Waals surface area contributed by atoms with Gasteiger partial charge in [-0.2, -0.15) is 0 Å². The lowest BCUT2D eigenvalue weighted by Crippen LogP contribution is -2.23. The number of nitrogens with one attached hydrogen (secondary N) is 3. The molecule has 0 aliphatic heterocycles. The fraction of sp³-hybridized carbons (Fsp3) is 0.0556. The van der Waals surface area contributed by atoms with Gasteiger partial charge in [0.15, 0.2) is 0 Å². The lowest BCUT2D eigenvalue weighted by Gasteiger charge is -2.15. The predicted molar refractivity (Wildman–Crippen MR) is 170 cm³/mol. The molecule has 0 atom stereocenters. The van der Waals surface area contributed by atoms with Gasteiger partial charge in [0.2, 0.25) is 0 Å². The fourth-order valence-corrected chi connectivity index (χ4v) is 4.62. The Balaban J connectivity index is 1.46. The molecule has 0 heterocycles. The molecule has 5 N–H and O–H groups in total. The molecule has 0 spiro atoms. The average molecular weight is 583 g/mol. The largest absolute Gasteiger partial charge is 0.457 e. The number of nitrogens with two attached hydrogens (primary N) is 1. The standard InChI is InChI=1S/C36H30N4O4/c37-33(38)26-15-18-28(19-16-26)40-35(42)31-14-8-7-13-29(31)30-20-17-27(34(41)39-22-24-9-3-1-4-10-24)21-32(30)36(43)44-23-25-11-5-2-6-12-25/h1-21H,22-23H2,(H3,37,38)(H,39,41)(H,40,42). The summed E-state index contributed by atoms with van der Waals surface area (Å²) in [5, 5.41) is 13.3. The molecule has 0 fully saturated rings. The molecule has 0 saturated carbocycles. The van der Waals surface area contributed by atoms with Gasteiger partial charge < -0.3 is 21.1 Å². The summed E-state index contributed by atoms with van der Waals surface area (Å²) in [5.74, 6) is -1.45. The second-order valence-electron chi connectivity index (χ2n) is 9.98. The summed E-state index contributed by atoms with van der Waals surface area (Å²) < 4.78 is 5.67. The Morgan fingerprint density at radius 3 is 1.91 bits per heavy atom. The summed E-state index contributed by atoms with van der Waals surface area (Å²) in [6.07, 6.45) is 0. The van der Waals surface area contributed by atoms with Gasteiger partial charge in [0.25, 0.3) is 11.8 Å². The van der Waals surface area contributed by atoms with Crippen LogP contribution in [0.3, 0.4) is 0 Å². The molecule has 5 aromatic rings. The van der Waals surface area contributed by atoms with Crippen LogP contribution in [0.15, 0.2) is 127 Å². The van der Waals surface area contributed by atoms with Crippen LogP contribution in [0.2, 0.25) is 0 Å². The van der Waals surface area contributed by atoms with Crippen molar-refractivity contribution in [2.75, 3.05) is 5.32 Å². The summed E-state index contributed by atoms with van der Waals surface area (Å²) in [6, 6.07) is 37.1. The molecule has 0 unspecified atom stereocenters. The van der Waals surface area contributed by atoms with Crippen molar-refractivity contribution in [3.63, 3.8) is 0 Å². The van der Waals surface area contributed by atoms with Crippen LogP contribution < -0.4 is 16.4 Å². The minimum atomic E-state index is -0.628. The molecule has 0 saturated heterocycles. The summed E-state index contributed by atoms with van der Waals surface area (Å²) in [6.45, 7) is 0.369. The van der Waals surface area contributed by atoms with Crippen molar-refractivity contribution in [1.82, 2.24) is 5.32 Å². The second kappa shape index (κ2) is 13.8. The molecule has 5 rings (SSSR count). The van der Waals surface area contributed by atoms with Crippen LogP contribution in [0.25, 0.3) is 11.1 Å². The summed E-state index contributed by atoms with van der Waals surface area (Å²) in [7, 11) is 0. The number of nitrogen functional groups attached to an aromatic ring is 1. The smallest absolute Gasteiger partial charge is 0.339 e. The van der Waals surface area contributed by atoms with Crippen molar-refractivity contribution in [2.24, 2.45) is 5.73 Å². The third-order valence-electron chi connectivity index (χ3n) is 6.93. The van der Waals surface area contributed by atoms with Crippen LogP contribution in [0.5, 0.6) is 0 Å². The van der Waals surface area contributed by atoms with E-state index in [2.05, 4.69) is 10.6 Å². The topological polar surface area (TPSA) is 134 Å². The zero-order chi connectivity index (χ0) is 30.9. The van der Waals surface area contributed by atoms with Crippen molar-refractivity contribution in [2.45, 2.75) is 13.2 Å². The van der Waals surface area contributed by atoms with Crippen LogP contribution in [0.4, 0.5) is 5.69 Å². The first-order valence-corrected chi connectivity index (χ1v) is 13.9. The zero-order valence-electron chi connectivity index (χ0n) is 23.7. The number of carbonyl (C=O) groups is 3. The quantitative estimate of drug-likeness (QED) is 0.0887. The van der Waals surface area contributed by atoms with Gasteiger partial charge in [0.1, 0.15) is 12.4 Å². The molecule has 8 nitrogen and oxygen atoms in total. The van der Waals surface area contributed by atoms with Crippen LogP contribution in [0.1, 0.15) is 47.8 Å². The van der Waals surface area contributed by atoms with E-state index in [1.165, 1.54) is 6.07 Å². The number of ether oxygens (including phenoxy) is 1. The van der Waals surface area contributed by atoms with Gasteiger partial charge in [-0.25, -0.2) is 4.79 Å². The molecule has 0 aromatic heterocycles. The Morgan fingerprint density at radius 1 is 0.636 bits per heavy atom. The highest BCUT2D eigenvalue weighted by Crippen LogP contribution is 2.30. The molecular weight excluding hydrogens is 552 g/mol. The van der Waals surface area contributed by atoms with E-state index in [-0.39, 0.29) is 29.5 Å². The van der Waals surface area contributed by atoms with Crippen molar-refractivity contribution in [3.8, 4) is 11.1 Å². The molecule has 44 heavy (non-hydrogen) atoms. The lowest BCUT2D eigenvalue weighted by atomic mass is 9.93. The molecule has 0 bridgehead atoms. The van der Waals surface area contributed by atoms with Crippen LogP contribution >= 0.6 is 0 Å². The fourth-order valence-electron chi connectivity index (χ4n) is 4.62. The van der Waals surface area contributed by atoms with Gasteiger partial charge in [-0.15, -0.1) is 0 Å². The van der Waals surface area contributed by atoms with Gasteiger partial charge >= 0.3 is 5.97 Å². The molecule has 218 valence electrons. The third-order valence-corrected chi connectivity index (χ3v) is 6.93. The first-order valence-electron chi connectivity index (χ1n) is 13.9. The van der Waals surface area contributed by atoms with E-state index in [4.69, 9.17) is 15.9 Å². The summed E-state index contributed by atoms with van der Waals surface area (Å²) in [4.78, 5) is 40.1. The molecule has 0 radical (unpaired) electrons. The highest BCUT2D eigenvalue weighted by Gasteiger charge is 2.22. The van der Waals surface area contributed by atoms with Gasteiger partial charge in [0.05, 0.1) is 5.56 Å². The zero-order valence-corrected chi connectivity index (χ0v) is 23.7. The number of amides is 2. The minimum Gasteiger partial charge on any atom is -0.457 e. The van der Waals surface area contributed by atoms with E-state index in [1.54, 1.807) is 60.7 Å². The van der Waals surface area contributed by atoms with Crippen molar-refractivity contribution < 1.29 is 19.1 Å². The summed E-state index contributed by atoms with van der Waals surface area (Å²) >= 11 is 0. The third kappa shape index (κ3) is 7.24. The maximum atomic E-state index is 13.5. The molecule has 5 aromatic carbocycles. The Hall–Kier alpha value is -6.02. The van der Waals surface area contributed by atoms with E-state index >= 15 is 0 Å².